The molecule has 1 rings (SSSR count). The van der Waals surface area contributed by atoms with Gasteiger partial charge in [0.25, 0.3) is 0 Å². The number of hydrogen-bond acceptors (Lipinski definition) is 2. The van der Waals surface area contributed by atoms with Gasteiger partial charge in [0.2, 0.25) is 0 Å². The van der Waals surface area contributed by atoms with Gasteiger partial charge >= 0.3 is 0 Å². The lowest BCUT2D eigenvalue weighted by Gasteiger charge is -1.97. The van der Waals surface area contributed by atoms with E-state index in [1.807, 2.05) is 19.1 Å². The maximum absolute atomic E-state index is 8.49. The molecule has 2 nitrogen and oxygen atoms in total. The van der Waals surface area contributed by atoms with Crippen LogP contribution in [0.2, 0.25) is 0 Å². The van der Waals surface area contributed by atoms with Crippen molar-refractivity contribution in [2.75, 3.05) is 0 Å². The van der Waals surface area contributed by atoms with Crippen molar-refractivity contribution in [3.8, 4) is 6.07 Å². The topological polar surface area (TPSA) is 36.7 Å². The lowest BCUT2D eigenvalue weighted by molar-refractivity contribution is 1.16. The fourth-order valence-corrected chi connectivity index (χ4v) is 0.850. The predicted molar refractivity (Wildman–Crippen MR) is 43.8 cm³/mol. The molecule has 0 fully saturated rings. The number of rotatable bonds is 1. The SMILES string of the molecule is C=Cc1ccc(C#N)nc1C. The first-order valence-corrected chi connectivity index (χ1v) is 3.28. The second-order valence-corrected chi connectivity index (χ2v) is 2.19. The van der Waals surface area contributed by atoms with Gasteiger partial charge in [-0.25, -0.2) is 4.98 Å². The van der Waals surface area contributed by atoms with Crippen LogP contribution in [0.15, 0.2) is 18.7 Å². The molecule has 0 spiro atoms. The van der Waals surface area contributed by atoms with Crippen LogP contribution in [0.1, 0.15) is 17.0 Å². The highest BCUT2D eigenvalue weighted by molar-refractivity contribution is 5.50. The first-order valence-electron chi connectivity index (χ1n) is 3.28. The van der Waals surface area contributed by atoms with Crippen LogP contribution >= 0.6 is 0 Å². The Morgan fingerprint density at radius 2 is 2.36 bits per heavy atom. The Morgan fingerprint density at radius 3 is 2.82 bits per heavy atom. The van der Waals surface area contributed by atoms with Crippen molar-refractivity contribution in [1.29, 1.82) is 5.26 Å². The molecular formula is C9H8N2. The lowest BCUT2D eigenvalue weighted by Crippen LogP contribution is -1.88. The van der Waals surface area contributed by atoms with E-state index < -0.39 is 0 Å². The summed E-state index contributed by atoms with van der Waals surface area (Å²) in [6.07, 6.45) is 1.73. The first-order chi connectivity index (χ1) is 5.27. The van der Waals surface area contributed by atoms with E-state index >= 15 is 0 Å². The van der Waals surface area contributed by atoms with E-state index in [4.69, 9.17) is 5.26 Å². The van der Waals surface area contributed by atoms with Crippen LogP contribution in [0, 0.1) is 18.3 Å². The molecule has 11 heavy (non-hydrogen) atoms. The molecule has 0 aromatic carbocycles. The predicted octanol–water partition coefficient (Wildman–Crippen LogP) is 1.90. The Labute approximate surface area is 65.8 Å². The second-order valence-electron chi connectivity index (χ2n) is 2.19. The van der Waals surface area contributed by atoms with E-state index in [-0.39, 0.29) is 0 Å². The molecule has 1 heterocycles. The van der Waals surface area contributed by atoms with Crippen LogP contribution in [0.4, 0.5) is 0 Å². The molecule has 0 radical (unpaired) electrons. The third-order valence-electron chi connectivity index (χ3n) is 1.46. The van der Waals surface area contributed by atoms with Crippen molar-refractivity contribution in [3.05, 3.63) is 35.7 Å². The number of nitriles is 1. The molecule has 0 aliphatic carbocycles. The Balaban J connectivity index is 3.22. The van der Waals surface area contributed by atoms with Crippen molar-refractivity contribution in [1.82, 2.24) is 4.98 Å². The fourth-order valence-electron chi connectivity index (χ4n) is 0.850. The number of pyridine rings is 1. The second kappa shape index (κ2) is 2.98. The van der Waals surface area contributed by atoms with E-state index in [2.05, 4.69) is 11.6 Å². The third-order valence-corrected chi connectivity index (χ3v) is 1.46. The molecule has 0 saturated heterocycles. The van der Waals surface area contributed by atoms with Crippen molar-refractivity contribution in [3.63, 3.8) is 0 Å². The summed E-state index contributed by atoms with van der Waals surface area (Å²) in [5.41, 5.74) is 2.27. The van der Waals surface area contributed by atoms with Crippen LogP contribution in [-0.4, -0.2) is 4.98 Å². The van der Waals surface area contributed by atoms with E-state index in [0.29, 0.717) is 5.69 Å². The van der Waals surface area contributed by atoms with Gasteiger partial charge in [0.05, 0.1) is 0 Å². The summed E-state index contributed by atoms with van der Waals surface area (Å²) in [6, 6.07) is 5.50. The minimum Gasteiger partial charge on any atom is -0.242 e. The Kier molecular flexibility index (Phi) is 2.03. The van der Waals surface area contributed by atoms with Gasteiger partial charge in [0.1, 0.15) is 11.8 Å². The maximum atomic E-state index is 8.49. The van der Waals surface area contributed by atoms with Gasteiger partial charge in [0, 0.05) is 5.69 Å². The number of aromatic nitrogens is 1. The Bertz CT molecular complexity index is 321. The highest BCUT2D eigenvalue weighted by Gasteiger charge is 1.95. The zero-order valence-electron chi connectivity index (χ0n) is 6.33. The summed E-state index contributed by atoms with van der Waals surface area (Å²) in [7, 11) is 0. The normalized spacial score (nSPS) is 8.73. The highest BCUT2D eigenvalue weighted by atomic mass is 14.7. The number of nitrogens with zero attached hydrogens (tertiary/aromatic N) is 2. The third kappa shape index (κ3) is 1.44. The molecule has 2 heteroatoms. The van der Waals surface area contributed by atoms with Gasteiger partial charge in [-0.05, 0) is 18.6 Å². The zero-order chi connectivity index (χ0) is 8.27. The van der Waals surface area contributed by atoms with Gasteiger partial charge in [0.15, 0.2) is 0 Å². The van der Waals surface area contributed by atoms with E-state index in [0.717, 1.165) is 11.3 Å². The summed E-state index contributed by atoms with van der Waals surface area (Å²) in [5, 5.41) is 8.49. The monoisotopic (exact) mass is 144 g/mol. The molecule has 1 aromatic heterocycles. The van der Waals surface area contributed by atoms with Crippen LogP contribution in [0.25, 0.3) is 6.08 Å². The van der Waals surface area contributed by atoms with Gasteiger partial charge in [-0.1, -0.05) is 18.7 Å². The summed E-state index contributed by atoms with van der Waals surface area (Å²) in [5.74, 6) is 0. The van der Waals surface area contributed by atoms with E-state index in [1.54, 1.807) is 12.1 Å². The van der Waals surface area contributed by atoms with Gasteiger partial charge in [-0.3, -0.25) is 0 Å². The van der Waals surface area contributed by atoms with Crippen LogP contribution in [-0.2, 0) is 0 Å². The smallest absolute Gasteiger partial charge is 0.140 e. The minimum absolute atomic E-state index is 0.452. The van der Waals surface area contributed by atoms with Gasteiger partial charge in [-0.2, -0.15) is 5.26 Å². The molecule has 0 aliphatic heterocycles. The fraction of sp³-hybridized carbons (Fsp3) is 0.111. The molecule has 0 N–H and O–H groups in total. The lowest BCUT2D eigenvalue weighted by atomic mass is 10.2. The van der Waals surface area contributed by atoms with E-state index in [1.165, 1.54) is 0 Å². The summed E-state index contributed by atoms with van der Waals surface area (Å²) in [4.78, 5) is 4.03. The summed E-state index contributed by atoms with van der Waals surface area (Å²) < 4.78 is 0. The van der Waals surface area contributed by atoms with Gasteiger partial charge in [-0.15, -0.1) is 0 Å². The average molecular weight is 144 g/mol. The molecule has 0 saturated carbocycles. The zero-order valence-corrected chi connectivity index (χ0v) is 6.33. The average Bonchev–Trinajstić information content (AvgIpc) is 2.04. The molecule has 0 unspecified atom stereocenters. The van der Waals surface area contributed by atoms with Crippen LogP contribution in [0.5, 0.6) is 0 Å². The Morgan fingerprint density at radius 1 is 1.64 bits per heavy atom. The molecule has 1 aromatic rings. The van der Waals surface area contributed by atoms with Crippen molar-refractivity contribution >= 4 is 6.08 Å². The van der Waals surface area contributed by atoms with Crippen molar-refractivity contribution in [2.45, 2.75) is 6.92 Å². The standard InChI is InChI=1S/C9H8N2/c1-3-8-4-5-9(6-10)11-7(8)2/h3-5H,1H2,2H3. The molecular weight excluding hydrogens is 136 g/mol. The highest BCUT2D eigenvalue weighted by Crippen LogP contribution is 2.06. The molecule has 54 valence electrons. The minimum atomic E-state index is 0.452. The largest absolute Gasteiger partial charge is 0.242 e. The quantitative estimate of drug-likeness (QED) is 0.603. The summed E-state index contributed by atoms with van der Waals surface area (Å²) >= 11 is 0. The van der Waals surface area contributed by atoms with Crippen LogP contribution in [0.3, 0.4) is 0 Å². The number of hydrogen-bond donors (Lipinski definition) is 0. The van der Waals surface area contributed by atoms with Crippen molar-refractivity contribution < 1.29 is 0 Å². The van der Waals surface area contributed by atoms with Gasteiger partial charge < -0.3 is 0 Å². The molecule has 0 amide bonds. The van der Waals surface area contributed by atoms with Crippen LogP contribution < -0.4 is 0 Å². The Hall–Kier alpha value is -1.62. The van der Waals surface area contributed by atoms with E-state index in [9.17, 15) is 0 Å². The first kappa shape index (κ1) is 7.49. The summed E-state index contributed by atoms with van der Waals surface area (Å²) in [6.45, 7) is 5.48. The maximum Gasteiger partial charge on any atom is 0.140 e. The molecule has 0 atom stereocenters. The molecule has 0 bridgehead atoms. The number of aryl methyl sites for hydroxylation is 1. The van der Waals surface area contributed by atoms with Crippen molar-refractivity contribution in [2.24, 2.45) is 0 Å². The molecule has 0 aliphatic rings.